The molecule has 0 aliphatic heterocycles. The number of fused-ring (bicyclic) bond motifs is 3. The van der Waals surface area contributed by atoms with Crippen molar-refractivity contribution in [3.05, 3.63) is 88.6 Å². The second-order valence-corrected chi connectivity index (χ2v) is 8.02. The fourth-order valence-corrected chi connectivity index (χ4v) is 4.07. The number of nitro benzene ring substituents is 1. The summed E-state index contributed by atoms with van der Waals surface area (Å²) in [4.78, 5) is 25.6. The number of H-pyrrole nitrogens is 1. The second-order valence-electron chi connectivity index (χ2n) is 8.02. The van der Waals surface area contributed by atoms with Gasteiger partial charge in [-0.2, -0.15) is 5.10 Å². The summed E-state index contributed by atoms with van der Waals surface area (Å²) in [5, 5.41) is 37.5. The molecular formula is C25H20N4O6. The van der Waals surface area contributed by atoms with E-state index in [0.29, 0.717) is 11.3 Å². The summed E-state index contributed by atoms with van der Waals surface area (Å²) in [6, 6.07) is 20.5. The van der Waals surface area contributed by atoms with Gasteiger partial charge in [0.05, 0.1) is 22.7 Å². The number of aromatic nitrogens is 3. The second kappa shape index (κ2) is 8.92. The van der Waals surface area contributed by atoms with Gasteiger partial charge in [-0.1, -0.05) is 36.4 Å². The van der Waals surface area contributed by atoms with Crippen LogP contribution in [0.1, 0.15) is 10.5 Å². The zero-order chi connectivity index (χ0) is 24.5. The summed E-state index contributed by atoms with van der Waals surface area (Å²) in [5.74, 6) is -0.638. The van der Waals surface area contributed by atoms with E-state index >= 15 is 0 Å². The average Bonchev–Trinajstić information content (AvgIpc) is 3.45. The monoisotopic (exact) mass is 472 g/mol. The van der Waals surface area contributed by atoms with Crippen molar-refractivity contribution in [1.29, 1.82) is 0 Å². The van der Waals surface area contributed by atoms with Crippen LogP contribution in [-0.4, -0.2) is 48.6 Å². The molecule has 0 bridgehead atoms. The van der Waals surface area contributed by atoms with Crippen LogP contribution in [-0.2, 0) is 6.54 Å². The van der Waals surface area contributed by atoms with Gasteiger partial charge in [0.1, 0.15) is 24.2 Å². The summed E-state index contributed by atoms with van der Waals surface area (Å²) < 4.78 is 7.08. The number of carboxylic acids is 1. The fourth-order valence-electron chi connectivity index (χ4n) is 4.07. The maximum Gasteiger partial charge on any atom is 0.354 e. The molecule has 0 fully saturated rings. The molecule has 0 aliphatic carbocycles. The van der Waals surface area contributed by atoms with E-state index in [2.05, 4.69) is 10.1 Å². The molecule has 1 unspecified atom stereocenters. The molecule has 10 heteroatoms. The summed E-state index contributed by atoms with van der Waals surface area (Å²) in [6.07, 6.45) is -1.06. The molecule has 10 nitrogen and oxygen atoms in total. The fraction of sp³-hybridized carbons (Fsp3) is 0.120. The normalized spacial score (nSPS) is 12.1. The number of aromatic carboxylic acids is 1. The molecule has 2 aromatic heterocycles. The Morgan fingerprint density at radius 2 is 1.86 bits per heavy atom. The number of nitrogens with one attached hydrogen (secondary N) is 1. The number of aromatic amines is 1. The lowest BCUT2D eigenvalue weighted by molar-refractivity contribution is -0.384. The van der Waals surface area contributed by atoms with Crippen LogP contribution in [0, 0.1) is 10.1 Å². The highest BCUT2D eigenvalue weighted by atomic mass is 16.6. The first kappa shape index (κ1) is 22.1. The number of nitrogens with zero attached hydrogens (tertiary/aromatic N) is 3. The zero-order valence-corrected chi connectivity index (χ0v) is 18.3. The first-order valence-corrected chi connectivity index (χ1v) is 10.8. The van der Waals surface area contributed by atoms with Gasteiger partial charge in [-0.3, -0.25) is 14.8 Å². The van der Waals surface area contributed by atoms with Crippen molar-refractivity contribution in [2.75, 3.05) is 6.61 Å². The predicted molar refractivity (Wildman–Crippen MR) is 129 cm³/mol. The first-order valence-electron chi connectivity index (χ1n) is 10.8. The van der Waals surface area contributed by atoms with E-state index in [1.807, 2.05) is 42.5 Å². The number of aliphatic hydroxyl groups is 1. The Kier molecular flexibility index (Phi) is 5.63. The van der Waals surface area contributed by atoms with Gasteiger partial charge in [-0.05, 0) is 24.3 Å². The maximum absolute atomic E-state index is 11.8. The number of aliphatic hydroxyl groups excluding tert-OH is 1. The minimum atomic E-state index is -1.23. The zero-order valence-electron chi connectivity index (χ0n) is 18.3. The van der Waals surface area contributed by atoms with Crippen LogP contribution in [0.15, 0.2) is 72.8 Å². The molecule has 0 spiro atoms. The Morgan fingerprint density at radius 1 is 1.09 bits per heavy atom. The Morgan fingerprint density at radius 3 is 2.66 bits per heavy atom. The minimum Gasteiger partial charge on any atom is -0.490 e. The number of hydrogen-bond donors (Lipinski definition) is 3. The van der Waals surface area contributed by atoms with E-state index < -0.39 is 17.0 Å². The van der Waals surface area contributed by atoms with Crippen LogP contribution in [0.5, 0.6) is 5.75 Å². The molecule has 5 aromatic rings. The lowest BCUT2D eigenvalue weighted by Crippen LogP contribution is -2.26. The smallest absolute Gasteiger partial charge is 0.354 e. The van der Waals surface area contributed by atoms with Crippen molar-refractivity contribution in [3.8, 4) is 17.0 Å². The van der Waals surface area contributed by atoms with Crippen molar-refractivity contribution in [1.82, 2.24) is 14.8 Å². The van der Waals surface area contributed by atoms with Gasteiger partial charge in [-0.15, -0.1) is 0 Å². The largest absolute Gasteiger partial charge is 0.490 e. The van der Waals surface area contributed by atoms with Crippen LogP contribution in [0.25, 0.3) is 33.1 Å². The highest BCUT2D eigenvalue weighted by Gasteiger charge is 2.20. The van der Waals surface area contributed by atoms with E-state index in [1.165, 1.54) is 24.3 Å². The van der Waals surface area contributed by atoms with Crippen molar-refractivity contribution >= 4 is 33.5 Å². The molecule has 0 aliphatic rings. The molecular weight excluding hydrogens is 452 g/mol. The highest BCUT2D eigenvalue weighted by Crippen LogP contribution is 2.33. The number of benzene rings is 3. The van der Waals surface area contributed by atoms with Crippen molar-refractivity contribution in [3.63, 3.8) is 0 Å². The van der Waals surface area contributed by atoms with E-state index in [0.717, 1.165) is 26.5 Å². The van der Waals surface area contributed by atoms with E-state index in [-0.39, 0.29) is 30.2 Å². The number of para-hydroxylation sites is 1. The van der Waals surface area contributed by atoms with E-state index in [4.69, 9.17) is 4.74 Å². The molecule has 0 amide bonds. The van der Waals surface area contributed by atoms with Crippen LogP contribution >= 0.6 is 0 Å². The minimum absolute atomic E-state index is 0.0936. The standard InChI is InChI=1S/C25H20N4O6/c30-17(14-35-23-10-4-9-20-24(23)18-7-1-2-8-19(18)26-20)13-28-22(25(31)32)12-21(27-28)15-5-3-6-16(11-15)29(33)34/h1-12,17,26,30H,13-14H2,(H,31,32). The lowest BCUT2D eigenvalue weighted by Gasteiger charge is -2.14. The molecule has 0 saturated carbocycles. The molecule has 5 rings (SSSR count). The van der Waals surface area contributed by atoms with Gasteiger partial charge in [0.25, 0.3) is 5.69 Å². The highest BCUT2D eigenvalue weighted by molar-refractivity contribution is 6.10. The molecule has 176 valence electrons. The summed E-state index contributed by atoms with van der Waals surface area (Å²) in [6.45, 7) is -0.232. The van der Waals surface area contributed by atoms with Gasteiger partial charge in [-0.25, -0.2) is 4.79 Å². The Labute approximate surface area is 198 Å². The third-order valence-corrected chi connectivity index (χ3v) is 5.66. The quantitative estimate of drug-likeness (QED) is 0.226. The van der Waals surface area contributed by atoms with Crippen molar-refractivity contribution in [2.45, 2.75) is 12.6 Å². The molecule has 35 heavy (non-hydrogen) atoms. The summed E-state index contributed by atoms with van der Waals surface area (Å²) in [5.41, 5.74) is 2.24. The van der Waals surface area contributed by atoms with Crippen molar-refractivity contribution < 1.29 is 24.7 Å². The molecule has 0 radical (unpaired) electrons. The number of carbonyl (C=O) groups is 1. The predicted octanol–water partition coefficient (Wildman–Crippen LogP) is 4.23. The van der Waals surface area contributed by atoms with Gasteiger partial charge in [0.2, 0.25) is 0 Å². The number of hydrogen-bond acceptors (Lipinski definition) is 6. The molecule has 3 N–H and O–H groups in total. The molecule has 2 heterocycles. The third-order valence-electron chi connectivity index (χ3n) is 5.66. The SMILES string of the molecule is O=C(O)c1cc(-c2cccc([N+](=O)[O-])c2)nn1CC(O)COc1cccc2[nH]c3ccccc3c12. The number of ether oxygens (including phenoxy) is 1. The number of carboxylic acid groups (broad SMARTS) is 1. The Bertz CT molecular complexity index is 1570. The summed E-state index contributed by atoms with van der Waals surface area (Å²) >= 11 is 0. The lowest BCUT2D eigenvalue weighted by atomic mass is 10.1. The molecule has 1 atom stereocenters. The van der Waals surface area contributed by atoms with Gasteiger partial charge in [0.15, 0.2) is 0 Å². The number of rotatable bonds is 8. The van der Waals surface area contributed by atoms with Crippen LogP contribution < -0.4 is 4.74 Å². The molecule has 0 saturated heterocycles. The third kappa shape index (κ3) is 4.30. The van der Waals surface area contributed by atoms with Crippen LogP contribution in [0.2, 0.25) is 0 Å². The topological polar surface area (TPSA) is 144 Å². The van der Waals surface area contributed by atoms with Gasteiger partial charge < -0.3 is 19.9 Å². The first-order chi connectivity index (χ1) is 16.9. The van der Waals surface area contributed by atoms with Gasteiger partial charge in [0, 0.05) is 34.0 Å². The average molecular weight is 472 g/mol. The number of non-ortho nitro benzene ring substituents is 1. The van der Waals surface area contributed by atoms with E-state index in [1.54, 1.807) is 6.07 Å². The van der Waals surface area contributed by atoms with Crippen LogP contribution in [0.4, 0.5) is 5.69 Å². The number of nitro groups is 1. The van der Waals surface area contributed by atoms with E-state index in [9.17, 15) is 25.1 Å². The Balaban J connectivity index is 1.37. The Hall–Kier alpha value is -4.70. The van der Waals surface area contributed by atoms with Crippen molar-refractivity contribution in [2.24, 2.45) is 0 Å². The molecule has 3 aromatic carbocycles. The maximum atomic E-state index is 11.8. The van der Waals surface area contributed by atoms with Gasteiger partial charge >= 0.3 is 5.97 Å². The summed E-state index contributed by atoms with van der Waals surface area (Å²) in [7, 11) is 0. The van der Waals surface area contributed by atoms with Crippen LogP contribution in [0.3, 0.4) is 0 Å².